The molecule has 1 aliphatic heterocycles. The summed E-state index contributed by atoms with van der Waals surface area (Å²) >= 11 is 0. The van der Waals surface area contributed by atoms with E-state index in [4.69, 9.17) is 5.11 Å². The zero-order valence-electron chi connectivity index (χ0n) is 14.8. The molecular weight excluding hydrogens is 310 g/mol. The smallest absolute Gasteiger partial charge is 0.129 e. The highest BCUT2D eigenvalue weighted by Crippen LogP contribution is 2.42. The summed E-state index contributed by atoms with van der Waals surface area (Å²) in [6.07, 6.45) is 4.64. The Balaban J connectivity index is 1.97. The quantitative estimate of drug-likeness (QED) is 0.755. The maximum Gasteiger partial charge on any atom is 0.129 e. The second kappa shape index (κ2) is 8.61. The highest BCUT2D eigenvalue weighted by atomic mass is 16.3. The second-order valence-electron chi connectivity index (χ2n) is 7.01. The summed E-state index contributed by atoms with van der Waals surface area (Å²) in [6, 6.07) is 20.7. The third kappa shape index (κ3) is 4.12. The molecule has 25 heavy (non-hydrogen) atoms. The van der Waals surface area contributed by atoms with E-state index in [1.54, 1.807) is 0 Å². The Labute approximate surface area is 150 Å². The van der Waals surface area contributed by atoms with E-state index in [1.807, 2.05) is 36.4 Å². The molecule has 3 nitrogen and oxygen atoms in total. The largest absolute Gasteiger partial charge is 0.396 e. The van der Waals surface area contributed by atoms with Crippen LogP contribution in [0.1, 0.15) is 49.1 Å². The van der Waals surface area contributed by atoms with Crippen molar-refractivity contribution in [3.05, 3.63) is 71.8 Å². The van der Waals surface area contributed by atoms with Crippen molar-refractivity contribution in [2.24, 2.45) is 0 Å². The third-order valence-corrected chi connectivity index (χ3v) is 5.33. The minimum absolute atomic E-state index is 0.0654. The van der Waals surface area contributed by atoms with Crippen LogP contribution < -0.4 is 0 Å². The molecule has 0 saturated carbocycles. The lowest BCUT2D eigenvalue weighted by molar-refractivity contribution is -0.143. The molecule has 0 amide bonds. The average molecular weight is 339 g/mol. The van der Waals surface area contributed by atoms with Gasteiger partial charge in [-0.2, -0.15) is 0 Å². The molecule has 1 fully saturated rings. The van der Waals surface area contributed by atoms with E-state index >= 15 is 0 Å². The van der Waals surface area contributed by atoms with Gasteiger partial charge in [0.2, 0.25) is 0 Å². The van der Waals surface area contributed by atoms with Crippen molar-refractivity contribution in [2.75, 3.05) is 19.7 Å². The summed E-state index contributed by atoms with van der Waals surface area (Å²) in [7, 11) is 0. The van der Waals surface area contributed by atoms with Crippen LogP contribution in [-0.2, 0) is 0 Å². The highest BCUT2D eigenvalue weighted by molar-refractivity contribution is 5.36. The summed E-state index contributed by atoms with van der Waals surface area (Å²) in [4.78, 5) is 2.25. The van der Waals surface area contributed by atoms with E-state index in [0.717, 1.165) is 56.3 Å². The number of hydrogen-bond acceptors (Lipinski definition) is 3. The van der Waals surface area contributed by atoms with Gasteiger partial charge in [-0.05, 0) is 43.2 Å². The predicted octanol–water partition coefficient (Wildman–Crippen LogP) is 3.77. The van der Waals surface area contributed by atoms with Gasteiger partial charge in [0, 0.05) is 19.7 Å². The SMILES string of the molecule is OCCCCN1CCCCC1(O)C(c1ccccc1)c1ccccc1. The molecule has 0 spiro atoms. The molecular formula is C22H29NO2. The molecule has 1 atom stereocenters. The van der Waals surface area contributed by atoms with Crippen LogP contribution in [0.2, 0.25) is 0 Å². The van der Waals surface area contributed by atoms with Crippen LogP contribution in [0.15, 0.2) is 60.7 Å². The first-order valence-electron chi connectivity index (χ1n) is 9.44. The Bertz CT molecular complexity index is 591. The van der Waals surface area contributed by atoms with E-state index in [-0.39, 0.29) is 12.5 Å². The topological polar surface area (TPSA) is 43.7 Å². The number of rotatable bonds is 7. The fourth-order valence-corrected chi connectivity index (χ4v) is 4.10. The Morgan fingerprint density at radius 2 is 1.48 bits per heavy atom. The molecule has 1 heterocycles. The molecule has 1 unspecified atom stereocenters. The van der Waals surface area contributed by atoms with Crippen LogP contribution in [0.25, 0.3) is 0 Å². The maximum absolute atomic E-state index is 11.9. The monoisotopic (exact) mass is 339 g/mol. The van der Waals surface area contributed by atoms with Crippen LogP contribution in [0, 0.1) is 0 Å². The van der Waals surface area contributed by atoms with Gasteiger partial charge < -0.3 is 10.2 Å². The van der Waals surface area contributed by atoms with Gasteiger partial charge in [0.15, 0.2) is 0 Å². The summed E-state index contributed by atoms with van der Waals surface area (Å²) in [5.41, 5.74) is 1.44. The highest BCUT2D eigenvalue weighted by Gasteiger charge is 2.44. The Morgan fingerprint density at radius 1 is 0.880 bits per heavy atom. The molecule has 2 aromatic rings. The van der Waals surface area contributed by atoms with Crippen molar-refractivity contribution in [1.82, 2.24) is 4.90 Å². The lowest BCUT2D eigenvalue weighted by Gasteiger charge is -2.48. The van der Waals surface area contributed by atoms with Crippen molar-refractivity contribution in [3.8, 4) is 0 Å². The number of piperidine rings is 1. The number of unbranched alkanes of at least 4 members (excludes halogenated alkanes) is 1. The molecule has 2 aromatic carbocycles. The zero-order chi connectivity index (χ0) is 17.5. The first kappa shape index (κ1) is 18.1. The van der Waals surface area contributed by atoms with Crippen molar-refractivity contribution in [3.63, 3.8) is 0 Å². The van der Waals surface area contributed by atoms with Gasteiger partial charge in [-0.1, -0.05) is 60.7 Å². The lowest BCUT2D eigenvalue weighted by Crippen LogP contribution is -2.56. The number of aliphatic hydroxyl groups is 2. The van der Waals surface area contributed by atoms with Gasteiger partial charge in [0.25, 0.3) is 0 Å². The molecule has 1 saturated heterocycles. The Kier molecular flexibility index (Phi) is 6.24. The van der Waals surface area contributed by atoms with Crippen molar-refractivity contribution in [1.29, 1.82) is 0 Å². The van der Waals surface area contributed by atoms with Crippen LogP contribution >= 0.6 is 0 Å². The van der Waals surface area contributed by atoms with Crippen LogP contribution in [0.4, 0.5) is 0 Å². The number of benzene rings is 2. The van der Waals surface area contributed by atoms with Crippen LogP contribution in [-0.4, -0.2) is 40.5 Å². The minimum atomic E-state index is -0.879. The maximum atomic E-state index is 11.9. The van der Waals surface area contributed by atoms with Gasteiger partial charge in [0.1, 0.15) is 5.72 Å². The first-order valence-corrected chi connectivity index (χ1v) is 9.44. The Morgan fingerprint density at radius 3 is 2.04 bits per heavy atom. The molecule has 0 bridgehead atoms. The van der Waals surface area contributed by atoms with Crippen molar-refractivity contribution >= 4 is 0 Å². The van der Waals surface area contributed by atoms with E-state index in [0.29, 0.717) is 0 Å². The van der Waals surface area contributed by atoms with Gasteiger partial charge in [-0.15, -0.1) is 0 Å². The molecule has 0 aliphatic carbocycles. The number of hydrogen-bond donors (Lipinski definition) is 2. The number of likely N-dealkylation sites (tertiary alicyclic amines) is 1. The van der Waals surface area contributed by atoms with Crippen LogP contribution in [0.3, 0.4) is 0 Å². The van der Waals surface area contributed by atoms with Gasteiger partial charge in [-0.3, -0.25) is 4.90 Å². The first-order chi connectivity index (χ1) is 12.3. The van der Waals surface area contributed by atoms with Gasteiger partial charge in [0.05, 0.1) is 5.92 Å². The third-order valence-electron chi connectivity index (χ3n) is 5.33. The fraction of sp³-hybridized carbons (Fsp3) is 0.455. The fourth-order valence-electron chi connectivity index (χ4n) is 4.10. The summed E-state index contributed by atoms with van der Waals surface area (Å²) in [6.45, 7) is 1.96. The molecule has 0 radical (unpaired) electrons. The normalized spacial score (nSPS) is 21.6. The zero-order valence-corrected chi connectivity index (χ0v) is 14.8. The standard InChI is InChI=1S/C22H29NO2/c24-18-10-9-17-23-16-8-7-15-22(23,25)21(19-11-3-1-4-12-19)20-13-5-2-6-14-20/h1-6,11-14,21,24-25H,7-10,15-18H2. The van der Waals surface area contributed by atoms with Crippen molar-refractivity contribution in [2.45, 2.75) is 43.7 Å². The molecule has 134 valence electrons. The second-order valence-corrected chi connectivity index (χ2v) is 7.01. The molecule has 1 aliphatic rings. The summed E-state index contributed by atoms with van der Waals surface area (Å²) < 4.78 is 0. The predicted molar refractivity (Wildman–Crippen MR) is 101 cm³/mol. The molecule has 0 aromatic heterocycles. The van der Waals surface area contributed by atoms with E-state index < -0.39 is 5.72 Å². The molecule has 3 rings (SSSR count). The lowest BCUT2D eigenvalue weighted by atomic mass is 9.77. The van der Waals surface area contributed by atoms with E-state index in [1.165, 1.54) is 0 Å². The van der Waals surface area contributed by atoms with Crippen LogP contribution in [0.5, 0.6) is 0 Å². The Hall–Kier alpha value is -1.68. The number of nitrogens with zero attached hydrogens (tertiary/aromatic N) is 1. The summed E-state index contributed by atoms with van der Waals surface area (Å²) in [5, 5.41) is 21.0. The van der Waals surface area contributed by atoms with Gasteiger partial charge in [-0.25, -0.2) is 0 Å². The number of aliphatic hydroxyl groups excluding tert-OH is 1. The summed E-state index contributed by atoms with van der Waals surface area (Å²) in [5.74, 6) is -0.0654. The van der Waals surface area contributed by atoms with E-state index in [2.05, 4.69) is 29.2 Å². The van der Waals surface area contributed by atoms with Gasteiger partial charge >= 0.3 is 0 Å². The molecule has 3 heteroatoms. The van der Waals surface area contributed by atoms with E-state index in [9.17, 15) is 5.11 Å². The average Bonchev–Trinajstić information content (AvgIpc) is 2.65. The minimum Gasteiger partial charge on any atom is -0.396 e. The van der Waals surface area contributed by atoms with Crippen molar-refractivity contribution < 1.29 is 10.2 Å². The molecule has 2 N–H and O–H groups in total.